The number of ether oxygens (including phenoxy) is 3. The minimum absolute atomic E-state index is 0.157. The lowest BCUT2D eigenvalue weighted by Gasteiger charge is -2.24. The van der Waals surface area contributed by atoms with Crippen molar-refractivity contribution >= 4 is 23.2 Å². The number of carbonyl (C=O) groups excluding carboxylic acids is 1. The number of aromatic nitrogens is 2. The number of methoxy groups -OCH3 is 2. The maximum atomic E-state index is 12.6. The van der Waals surface area contributed by atoms with Crippen LogP contribution in [0.5, 0.6) is 11.8 Å². The summed E-state index contributed by atoms with van der Waals surface area (Å²) in [5, 5.41) is 4.76. The van der Waals surface area contributed by atoms with Crippen LogP contribution in [-0.2, 0) is 16.1 Å². The fourth-order valence-corrected chi connectivity index (χ4v) is 3.67. The molecule has 1 atom stereocenters. The summed E-state index contributed by atoms with van der Waals surface area (Å²) in [6.07, 6.45) is 2.27. The van der Waals surface area contributed by atoms with Crippen LogP contribution in [-0.4, -0.2) is 60.8 Å². The summed E-state index contributed by atoms with van der Waals surface area (Å²) in [7, 11) is 3.00. The Labute approximate surface area is 162 Å². The Morgan fingerprint density at radius 1 is 1.37 bits per heavy atom. The number of thiophene rings is 1. The zero-order chi connectivity index (χ0) is 19.1. The second-order valence-electron chi connectivity index (χ2n) is 6.21. The third-order valence-corrected chi connectivity index (χ3v) is 5.02. The molecule has 3 heterocycles. The summed E-state index contributed by atoms with van der Waals surface area (Å²) in [6, 6.07) is 5.64. The topological polar surface area (TPSA) is 85.8 Å². The molecule has 0 bridgehead atoms. The van der Waals surface area contributed by atoms with E-state index in [0.29, 0.717) is 24.8 Å². The molecule has 0 unspecified atom stereocenters. The monoisotopic (exact) mass is 392 g/mol. The molecule has 0 saturated carbocycles. The minimum atomic E-state index is -0.195. The zero-order valence-corrected chi connectivity index (χ0v) is 16.3. The Morgan fingerprint density at radius 2 is 2.15 bits per heavy atom. The summed E-state index contributed by atoms with van der Waals surface area (Å²) < 4.78 is 16.0. The van der Waals surface area contributed by atoms with Gasteiger partial charge in [-0.05, 0) is 24.3 Å². The average Bonchev–Trinajstić information content (AvgIpc) is 3.35. The number of hydrogen-bond acceptors (Lipinski definition) is 8. The molecule has 0 radical (unpaired) electrons. The largest absolute Gasteiger partial charge is 0.481 e. The highest BCUT2D eigenvalue weighted by molar-refractivity contribution is 7.09. The maximum Gasteiger partial charge on any atom is 0.240 e. The number of rotatable bonds is 9. The molecule has 146 valence electrons. The standard InChI is InChI=1S/C18H24N4O4S/c1-24-16-9-17(25-2)21-18(20-16)19-15(23)12-22(10-13-5-3-7-26-13)11-14-6-4-8-27-14/h4,6,8-9,13H,3,5,7,10-12H2,1-2H3,(H,19,20,21,23)/t13-/m0/s1. The van der Waals surface area contributed by atoms with Crippen LogP contribution in [0.15, 0.2) is 23.6 Å². The van der Waals surface area contributed by atoms with E-state index in [9.17, 15) is 4.79 Å². The number of nitrogens with zero attached hydrogens (tertiary/aromatic N) is 3. The fraction of sp³-hybridized carbons (Fsp3) is 0.500. The summed E-state index contributed by atoms with van der Waals surface area (Å²) in [5.74, 6) is 0.614. The van der Waals surface area contributed by atoms with Gasteiger partial charge < -0.3 is 14.2 Å². The van der Waals surface area contributed by atoms with Crippen molar-refractivity contribution in [3.8, 4) is 11.8 Å². The number of carbonyl (C=O) groups is 1. The van der Waals surface area contributed by atoms with Gasteiger partial charge in [-0.15, -0.1) is 11.3 Å². The quantitative estimate of drug-likeness (QED) is 0.700. The fourth-order valence-electron chi connectivity index (χ4n) is 2.92. The van der Waals surface area contributed by atoms with Crippen molar-refractivity contribution < 1.29 is 19.0 Å². The molecule has 0 aliphatic carbocycles. The molecule has 27 heavy (non-hydrogen) atoms. The van der Waals surface area contributed by atoms with E-state index >= 15 is 0 Å². The highest BCUT2D eigenvalue weighted by atomic mass is 32.1. The van der Waals surface area contributed by atoms with Gasteiger partial charge in [-0.2, -0.15) is 9.97 Å². The van der Waals surface area contributed by atoms with Gasteiger partial charge in [-0.3, -0.25) is 15.0 Å². The lowest BCUT2D eigenvalue weighted by atomic mass is 10.2. The Balaban J connectivity index is 1.64. The van der Waals surface area contributed by atoms with Crippen molar-refractivity contribution in [3.63, 3.8) is 0 Å². The van der Waals surface area contributed by atoms with Crippen molar-refractivity contribution in [2.24, 2.45) is 0 Å². The second kappa shape index (κ2) is 9.63. The van der Waals surface area contributed by atoms with Crippen LogP contribution in [0.2, 0.25) is 0 Å². The highest BCUT2D eigenvalue weighted by Gasteiger charge is 2.22. The molecule has 2 aromatic rings. The molecule has 9 heteroatoms. The van der Waals surface area contributed by atoms with E-state index in [1.807, 2.05) is 11.4 Å². The molecule has 0 spiro atoms. The molecule has 2 aromatic heterocycles. The molecule has 3 rings (SSSR count). The van der Waals surface area contributed by atoms with Gasteiger partial charge in [0.25, 0.3) is 0 Å². The Morgan fingerprint density at radius 3 is 2.74 bits per heavy atom. The lowest BCUT2D eigenvalue weighted by Crippen LogP contribution is -2.38. The average molecular weight is 392 g/mol. The van der Waals surface area contributed by atoms with Crippen LogP contribution in [0.25, 0.3) is 0 Å². The van der Waals surface area contributed by atoms with Gasteiger partial charge in [0, 0.05) is 24.6 Å². The number of nitrogens with one attached hydrogen (secondary N) is 1. The molecule has 1 fully saturated rings. The van der Waals surface area contributed by atoms with Gasteiger partial charge in [0.15, 0.2) is 0 Å². The SMILES string of the molecule is COc1cc(OC)nc(NC(=O)CN(Cc2cccs2)C[C@@H]2CCCO2)n1. The van der Waals surface area contributed by atoms with Gasteiger partial charge in [-0.25, -0.2) is 0 Å². The summed E-state index contributed by atoms with van der Waals surface area (Å²) >= 11 is 1.68. The van der Waals surface area contributed by atoms with Crippen molar-refractivity contribution in [1.29, 1.82) is 0 Å². The van der Waals surface area contributed by atoms with Crippen LogP contribution in [0.3, 0.4) is 0 Å². The number of amides is 1. The molecule has 1 amide bonds. The third-order valence-electron chi connectivity index (χ3n) is 4.16. The van der Waals surface area contributed by atoms with Crippen LogP contribution in [0, 0.1) is 0 Å². The van der Waals surface area contributed by atoms with Crippen LogP contribution >= 0.6 is 11.3 Å². The molecular formula is C18H24N4O4S. The molecule has 1 aliphatic rings. The first-order valence-corrected chi connectivity index (χ1v) is 9.67. The Bertz CT molecular complexity index is 713. The van der Waals surface area contributed by atoms with Crippen molar-refractivity contribution in [2.45, 2.75) is 25.5 Å². The van der Waals surface area contributed by atoms with Gasteiger partial charge in [0.2, 0.25) is 23.6 Å². The van der Waals surface area contributed by atoms with Crippen LogP contribution in [0.4, 0.5) is 5.95 Å². The van der Waals surface area contributed by atoms with Crippen LogP contribution in [0.1, 0.15) is 17.7 Å². The molecule has 8 nitrogen and oxygen atoms in total. The Hall–Kier alpha value is -2.23. The molecule has 1 N–H and O–H groups in total. The maximum absolute atomic E-state index is 12.6. The first kappa shape index (κ1) is 19.5. The predicted molar refractivity (Wildman–Crippen MR) is 102 cm³/mol. The van der Waals surface area contributed by atoms with Gasteiger partial charge in [0.05, 0.1) is 32.9 Å². The van der Waals surface area contributed by atoms with Crippen molar-refractivity contribution in [2.75, 3.05) is 39.2 Å². The van der Waals surface area contributed by atoms with E-state index < -0.39 is 0 Å². The van der Waals surface area contributed by atoms with Crippen molar-refractivity contribution in [1.82, 2.24) is 14.9 Å². The van der Waals surface area contributed by atoms with Gasteiger partial charge in [-0.1, -0.05) is 6.07 Å². The van der Waals surface area contributed by atoms with E-state index in [1.165, 1.54) is 19.1 Å². The van der Waals surface area contributed by atoms with E-state index in [-0.39, 0.29) is 24.5 Å². The lowest BCUT2D eigenvalue weighted by molar-refractivity contribution is -0.117. The van der Waals surface area contributed by atoms with Crippen molar-refractivity contribution in [3.05, 3.63) is 28.5 Å². The van der Waals surface area contributed by atoms with E-state index in [4.69, 9.17) is 14.2 Å². The number of anilines is 1. The number of hydrogen-bond donors (Lipinski definition) is 1. The van der Waals surface area contributed by atoms with E-state index in [0.717, 1.165) is 19.4 Å². The molecular weight excluding hydrogens is 368 g/mol. The first-order valence-electron chi connectivity index (χ1n) is 8.79. The third kappa shape index (κ3) is 5.88. The molecule has 1 aliphatic heterocycles. The molecule has 1 saturated heterocycles. The van der Waals surface area contributed by atoms with Crippen LogP contribution < -0.4 is 14.8 Å². The minimum Gasteiger partial charge on any atom is -0.481 e. The van der Waals surface area contributed by atoms with Gasteiger partial charge >= 0.3 is 0 Å². The van der Waals surface area contributed by atoms with Gasteiger partial charge in [0.1, 0.15) is 0 Å². The molecule has 0 aromatic carbocycles. The van der Waals surface area contributed by atoms with E-state index in [1.54, 1.807) is 17.4 Å². The van der Waals surface area contributed by atoms with E-state index in [2.05, 4.69) is 26.3 Å². The summed E-state index contributed by atoms with van der Waals surface area (Å²) in [4.78, 5) is 24.2. The normalized spacial score (nSPS) is 16.5. The Kier molecular flexibility index (Phi) is 6.97. The smallest absolute Gasteiger partial charge is 0.240 e. The second-order valence-corrected chi connectivity index (χ2v) is 7.24. The predicted octanol–water partition coefficient (Wildman–Crippen LogP) is 2.17. The highest BCUT2D eigenvalue weighted by Crippen LogP contribution is 2.19. The zero-order valence-electron chi connectivity index (χ0n) is 15.5. The summed E-state index contributed by atoms with van der Waals surface area (Å²) in [5.41, 5.74) is 0. The summed E-state index contributed by atoms with van der Waals surface area (Å²) in [6.45, 7) is 2.43. The first-order chi connectivity index (χ1) is 13.2.